The predicted octanol–water partition coefficient (Wildman–Crippen LogP) is 3.94. The average Bonchev–Trinajstić information content (AvgIpc) is 3.19. The first-order chi connectivity index (χ1) is 16.1. The lowest BCUT2D eigenvalue weighted by molar-refractivity contribution is 0.0904. The summed E-state index contributed by atoms with van der Waals surface area (Å²) in [5.74, 6) is 0.547. The van der Waals surface area contributed by atoms with E-state index in [9.17, 15) is 9.90 Å². The summed E-state index contributed by atoms with van der Waals surface area (Å²) >= 11 is 0. The van der Waals surface area contributed by atoms with Crippen molar-refractivity contribution < 1.29 is 14.6 Å². The minimum atomic E-state index is -0.492. The van der Waals surface area contributed by atoms with Gasteiger partial charge in [0.05, 0.1) is 7.11 Å². The van der Waals surface area contributed by atoms with Crippen LogP contribution in [0.1, 0.15) is 27.2 Å². The van der Waals surface area contributed by atoms with E-state index < -0.39 is 6.61 Å². The molecule has 2 aromatic heterocycles. The molecule has 170 valence electrons. The van der Waals surface area contributed by atoms with Crippen molar-refractivity contribution in [3.8, 4) is 5.75 Å². The van der Waals surface area contributed by atoms with Crippen LogP contribution in [0.15, 0.2) is 73.1 Å². The molecule has 0 spiro atoms. The van der Waals surface area contributed by atoms with Gasteiger partial charge in [-0.1, -0.05) is 30.3 Å². The fourth-order valence-corrected chi connectivity index (χ4v) is 4.04. The maximum Gasteiger partial charge on any atom is 0.188 e. The summed E-state index contributed by atoms with van der Waals surface area (Å²) < 4.78 is 7.44. The first-order valence-corrected chi connectivity index (χ1v) is 11.0. The number of aliphatic hydroxyl groups excluding tert-OH is 1. The summed E-state index contributed by atoms with van der Waals surface area (Å²) in [6.07, 6.45) is 4.88. The fourth-order valence-electron chi connectivity index (χ4n) is 4.04. The van der Waals surface area contributed by atoms with E-state index in [2.05, 4.69) is 27.7 Å². The topological polar surface area (TPSA) is 67.6 Å². The fraction of sp³-hybridized carbons (Fsp3) is 0.259. The normalized spacial score (nSPS) is 11.3. The van der Waals surface area contributed by atoms with Crippen LogP contribution < -0.4 is 4.74 Å². The van der Waals surface area contributed by atoms with Crippen LogP contribution in [0.4, 0.5) is 0 Å². The number of ketones is 1. The van der Waals surface area contributed by atoms with Gasteiger partial charge >= 0.3 is 0 Å². The van der Waals surface area contributed by atoms with Gasteiger partial charge in [-0.05, 0) is 48.5 Å². The molecule has 6 nitrogen and oxygen atoms in total. The number of rotatable bonds is 10. The Bertz CT molecular complexity index is 1220. The number of methoxy groups -OCH3 is 1. The van der Waals surface area contributed by atoms with Gasteiger partial charge in [-0.2, -0.15) is 0 Å². The van der Waals surface area contributed by atoms with E-state index in [0.717, 1.165) is 47.4 Å². The number of ether oxygens (including phenoxy) is 1. The number of likely N-dealkylation sites (N-methyl/N-ethyl adjacent to an activating group) is 1. The average molecular weight is 444 g/mol. The Kier molecular flexibility index (Phi) is 7.17. The molecule has 2 heterocycles. The molecule has 6 heteroatoms. The third kappa shape index (κ3) is 5.48. The van der Waals surface area contributed by atoms with Gasteiger partial charge in [0.25, 0.3) is 0 Å². The number of carbonyl (C=O) groups is 1. The van der Waals surface area contributed by atoms with Gasteiger partial charge in [0, 0.05) is 60.6 Å². The Labute approximate surface area is 194 Å². The highest BCUT2D eigenvalue weighted by Gasteiger charge is 2.14. The Balaban J connectivity index is 1.60. The molecule has 0 fully saturated rings. The van der Waals surface area contributed by atoms with Gasteiger partial charge in [0.1, 0.15) is 12.4 Å². The number of benzene rings is 2. The molecule has 0 aliphatic carbocycles. The number of aliphatic hydroxyl groups is 1. The smallest absolute Gasteiger partial charge is 0.188 e. The molecule has 0 aliphatic rings. The standard InChI is InChI=1S/C27H29N3O3/c1-29(14-12-23-5-3-4-13-28-23)17-22-18-30(16-20-6-9-24(33-2)10-7-20)26-15-21(27(32)19-31)8-11-25(22)26/h3-11,13,15,18,31H,12,14,16-17,19H2,1-2H3. The number of fused-ring (bicyclic) bond motifs is 1. The quantitative estimate of drug-likeness (QED) is 0.376. The molecule has 0 saturated heterocycles. The molecule has 4 rings (SSSR count). The molecule has 4 aromatic rings. The maximum atomic E-state index is 12.1. The Morgan fingerprint density at radius 3 is 2.64 bits per heavy atom. The molecule has 0 bridgehead atoms. The monoisotopic (exact) mass is 443 g/mol. The molecular formula is C27H29N3O3. The van der Waals surface area contributed by atoms with Crippen molar-refractivity contribution >= 4 is 16.7 Å². The molecule has 0 atom stereocenters. The van der Waals surface area contributed by atoms with Crippen molar-refractivity contribution in [2.45, 2.75) is 19.5 Å². The second-order valence-electron chi connectivity index (χ2n) is 8.25. The van der Waals surface area contributed by atoms with E-state index in [1.165, 1.54) is 5.56 Å². The van der Waals surface area contributed by atoms with Crippen molar-refractivity contribution in [1.29, 1.82) is 0 Å². The largest absolute Gasteiger partial charge is 0.497 e. The van der Waals surface area contributed by atoms with Crippen molar-refractivity contribution in [3.05, 3.63) is 95.4 Å². The Hall–Kier alpha value is -3.48. The second-order valence-corrected chi connectivity index (χ2v) is 8.25. The van der Waals surface area contributed by atoms with Gasteiger partial charge in [-0.3, -0.25) is 9.78 Å². The van der Waals surface area contributed by atoms with Crippen LogP contribution in [0, 0.1) is 0 Å². The van der Waals surface area contributed by atoms with E-state index in [-0.39, 0.29) is 5.78 Å². The van der Waals surface area contributed by atoms with E-state index in [0.29, 0.717) is 12.1 Å². The zero-order valence-corrected chi connectivity index (χ0v) is 19.1. The van der Waals surface area contributed by atoms with Crippen LogP contribution in [0.3, 0.4) is 0 Å². The van der Waals surface area contributed by atoms with Crippen LogP contribution in [0.5, 0.6) is 5.75 Å². The van der Waals surface area contributed by atoms with Crippen LogP contribution in [-0.4, -0.2) is 52.6 Å². The van der Waals surface area contributed by atoms with Crippen molar-refractivity contribution in [1.82, 2.24) is 14.5 Å². The maximum absolute atomic E-state index is 12.1. The van der Waals surface area contributed by atoms with Gasteiger partial charge in [-0.25, -0.2) is 0 Å². The molecule has 0 aliphatic heterocycles. The van der Waals surface area contributed by atoms with E-state index in [1.807, 2.05) is 60.8 Å². The number of aromatic nitrogens is 2. The predicted molar refractivity (Wildman–Crippen MR) is 130 cm³/mol. The molecule has 33 heavy (non-hydrogen) atoms. The number of carbonyl (C=O) groups excluding carboxylic acids is 1. The first kappa shape index (κ1) is 22.7. The lowest BCUT2D eigenvalue weighted by atomic mass is 10.1. The Morgan fingerprint density at radius 1 is 1.12 bits per heavy atom. The van der Waals surface area contributed by atoms with E-state index in [4.69, 9.17) is 4.74 Å². The number of nitrogens with zero attached hydrogens (tertiary/aromatic N) is 3. The SMILES string of the molecule is COc1ccc(Cn2cc(CN(C)CCc3ccccn3)c3ccc(C(=O)CO)cc32)cc1. The van der Waals surface area contributed by atoms with Crippen LogP contribution in [0.25, 0.3) is 10.9 Å². The van der Waals surface area contributed by atoms with Gasteiger partial charge in [-0.15, -0.1) is 0 Å². The summed E-state index contributed by atoms with van der Waals surface area (Å²) in [6, 6.07) is 19.7. The van der Waals surface area contributed by atoms with Gasteiger partial charge < -0.3 is 19.3 Å². The van der Waals surface area contributed by atoms with Crippen molar-refractivity contribution in [2.24, 2.45) is 0 Å². The van der Waals surface area contributed by atoms with E-state index in [1.54, 1.807) is 13.2 Å². The van der Waals surface area contributed by atoms with Crippen LogP contribution in [0.2, 0.25) is 0 Å². The molecule has 0 saturated carbocycles. The number of pyridine rings is 1. The molecule has 0 amide bonds. The number of Topliss-reactive ketones (excluding diaryl/α,β-unsaturated/α-hetero) is 1. The minimum absolute atomic E-state index is 0.275. The molecule has 0 radical (unpaired) electrons. The van der Waals surface area contributed by atoms with Crippen LogP contribution in [-0.2, 0) is 19.5 Å². The summed E-state index contributed by atoms with van der Waals surface area (Å²) in [5.41, 5.74) is 4.93. The number of hydrogen-bond donors (Lipinski definition) is 1. The van der Waals surface area contributed by atoms with E-state index >= 15 is 0 Å². The summed E-state index contributed by atoms with van der Waals surface area (Å²) in [7, 11) is 3.77. The summed E-state index contributed by atoms with van der Waals surface area (Å²) in [5, 5.41) is 10.4. The summed E-state index contributed by atoms with van der Waals surface area (Å²) in [6.45, 7) is 1.86. The zero-order valence-electron chi connectivity index (χ0n) is 19.1. The lowest BCUT2D eigenvalue weighted by Crippen LogP contribution is -2.21. The first-order valence-electron chi connectivity index (χ1n) is 11.0. The Morgan fingerprint density at radius 2 is 1.94 bits per heavy atom. The molecule has 0 unspecified atom stereocenters. The highest BCUT2D eigenvalue weighted by atomic mass is 16.5. The lowest BCUT2D eigenvalue weighted by Gasteiger charge is -2.16. The molecule has 2 aromatic carbocycles. The van der Waals surface area contributed by atoms with Gasteiger partial charge in [0.2, 0.25) is 0 Å². The zero-order chi connectivity index (χ0) is 23.2. The molecule has 1 N–H and O–H groups in total. The second kappa shape index (κ2) is 10.4. The molecular weight excluding hydrogens is 414 g/mol. The highest BCUT2D eigenvalue weighted by Crippen LogP contribution is 2.26. The summed E-state index contributed by atoms with van der Waals surface area (Å²) in [4.78, 5) is 18.8. The van der Waals surface area contributed by atoms with Crippen molar-refractivity contribution in [3.63, 3.8) is 0 Å². The van der Waals surface area contributed by atoms with Crippen molar-refractivity contribution in [2.75, 3.05) is 27.3 Å². The highest BCUT2D eigenvalue weighted by molar-refractivity contribution is 6.00. The third-order valence-electron chi connectivity index (χ3n) is 5.86. The number of hydrogen-bond acceptors (Lipinski definition) is 5. The minimum Gasteiger partial charge on any atom is -0.497 e. The third-order valence-corrected chi connectivity index (χ3v) is 5.86. The van der Waals surface area contributed by atoms with Gasteiger partial charge in [0.15, 0.2) is 5.78 Å². The van der Waals surface area contributed by atoms with Crippen LogP contribution >= 0.6 is 0 Å².